The second-order valence-corrected chi connectivity index (χ2v) is 4.87. The highest BCUT2D eigenvalue weighted by Gasteiger charge is 2.24. The van der Waals surface area contributed by atoms with Crippen LogP contribution in [0.15, 0.2) is 17.2 Å². The van der Waals surface area contributed by atoms with Crippen molar-refractivity contribution in [3.63, 3.8) is 0 Å². The summed E-state index contributed by atoms with van der Waals surface area (Å²) in [6.45, 7) is 4.28. The third kappa shape index (κ3) is 2.05. The van der Waals surface area contributed by atoms with E-state index in [-0.39, 0.29) is 0 Å². The van der Waals surface area contributed by atoms with E-state index in [4.69, 9.17) is 0 Å². The van der Waals surface area contributed by atoms with E-state index in [1.54, 1.807) is 0 Å². The van der Waals surface area contributed by atoms with Crippen molar-refractivity contribution in [1.82, 2.24) is 4.98 Å². The Bertz CT molecular complexity index is 305. The Hall–Kier alpha value is -0.500. The van der Waals surface area contributed by atoms with Gasteiger partial charge in [0.25, 0.3) is 0 Å². The zero-order chi connectivity index (χ0) is 9.26. The van der Waals surface area contributed by atoms with E-state index in [1.807, 2.05) is 18.0 Å². The molecular formula is C11H15NS. The molecule has 1 aromatic rings. The van der Waals surface area contributed by atoms with Crippen LogP contribution in [-0.4, -0.2) is 10.7 Å². The zero-order valence-corrected chi connectivity index (χ0v) is 9.03. The fourth-order valence-corrected chi connectivity index (χ4v) is 2.26. The average Bonchev–Trinajstić information content (AvgIpc) is 2.92. The van der Waals surface area contributed by atoms with Crippen molar-refractivity contribution in [2.75, 3.05) is 5.75 Å². The molecule has 1 heterocycles. The van der Waals surface area contributed by atoms with Crippen molar-refractivity contribution < 1.29 is 0 Å². The van der Waals surface area contributed by atoms with Crippen LogP contribution in [0.5, 0.6) is 0 Å². The molecule has 1 aromatic heterocycles. The predicted molar refractivity (Wildman–Crippen MR) is 57.3 cm³/mol. The van der Waals surface area contributed by atoms with E-state index in [1.165, 1.54) is 29.0 Å². The summed E-state index contributed by atoms with van der Waals surface area (Å²) >= 11 is 1.90. The summed E-state index contributed by atoms with van der Waals surface area (Å²) < 4.78 is 0. The number of rotatable bonds is 3. The molecule has 0 N–H and O–H groups in total. The molecule has 1 aliphatic carbocycles. The quantitative estimate of drug-likeness (QED) is 0.683. The van der Waals surface area contributed by atoms with E-state index in [2.05, 4.69) is 24.9 Å². The summed E-state index contributed by atoms with van der Waals surface area (Å²) in [6.07, 6.45) is 4.77. The molecule has 0 saturated heterocycles. The molecule has 0 aromatic carbocycles. The summed E-state index contributed by atoms with van der Waals surface area (Å²) in [4.78, 5) is 5.81. The van der Waals surface area contributed by atoms with E-state index >= 15 is 0 Å². The molecule has 1 saturated carbocycles. The Balaban J connectivity index is 2.25. The van der Waals surface area contributed by atoms with Crippen LogP contribution in [-0.2, 0) is 0 Å². The molecule has 1 nitrogen and oxygen atoms in total. The van der Waals surface area contributed by atoms with Crippen LogP contribution < -0.4 is 0 Å². The minimum atomic E-state index is 0.823. The van der Waals surface area contributed by atoms with Crippen molar-refractivity contribution >= 4 is 11.8 Å². The number of pyridine rings is 1. The van der Waals surface area contributed by atoms with Gasteiger partial charge in [0.15, 0.2) is 0 Å². The lowest BCUT2D eigenvalue weighted by atomic mass is 10.2. The third-order valence-electron chi connectivity index (χ3n) is 2.41. The maximum absolute atomic E-state index is 4.44. The topological polar surface area (TPSA) is 12.9 Å². The van der Waals surface area contributed by atoms with Crippen LogP contribution in [0.25, 0.3) is 0 Å². The summed E-state index contributed by atoms with van der Waals surface area (Å²) in [6, 6.07) is 2.33. The molecule has 0 amide bonds. The van der Waals surface area contributed by atoms with Gasteiger partial charge in [0, 0.05) is 11.1 Å². The van der Waals surface area contributed by atoms with Gasteiger partial charge in [0.05, 0.1) is 5.69 Å². The predicted octanol–water partition coefficient (Wildman–Crippen LogP) is 3.38. The van der Waals surface area contributed by atoms with Crippen LogP contribution in [0, 0.1) is 6.92 Å². The highest BCUT2D eigenvalue weighted by Crippen LogP contribution is 2.40. The summed E-state index contributed by atoms with van der Waals surface area (Å²) in [7, 11) is 0. The Labute approximate surface area is 84.0 Å². The monoisotopic (exact) mass is 193 g/mol. The van der Waals surface area contributed by atoms with E-state index in [0.29, 0.717) is 0 Å². The smallest absolute Gasteiger partial charge is 0.0508 e. The van der Waals surface area contributed by atoms with Crippen LogP contribution in [0.3, 0.4) is 0 Å². The molecule has 0 atom stereocenters. The first-order chi connectivity index (χ1) is 6.31. The van der Waals surface area contributed by atoms with Gasteiger partial charge in [-0.3, -0.25) is 4.98 Å². The maximum atomic E-state index is 4.44. The van der Waals surface area contributed by atoms with Crippen molar-refractivity contribution in [2.24, 2.45) is 0 Å². The van der Waals surface area contributed by atoms with Gasteiger partial charge in [0.2, 0.25) is 0 Å². The average molecular weight is 193 g/mol. The molecule has 0 unspecified atom stereocenters. The normalized spacial score (nSPS) is 16.2. The van der Waals surface area contributed by atoms with Gasteiger partial charge in [-0.2, -0.15) is 0 Å². The lowest BCUT2D eigenvalue weighted by molar-refractivity contribution is 1.02. The summed E-state index contributed by atoms with van der Waals surface area (Å²) in [5.41, 5.74) is 2.62. The largest absolute Gasteiger partial charge is 0.260 e. The second kappa shape index (κ2) is 3.70. The van der Waals surface area contributed by atoms with Crippen LogP contribution >= 0.6 is 11.8 Å². The molecule has 0 aliphatic heterocycles. The first-order valence-electron chi connectivity index (χ1n) is 4.90. The number of hydrogen-bond donors (Lipinski definition) is 0. The molecule has 2 rings (SSSR count). The molecule has 2 heteroatoms. The Morgan fingerprint density at radius 1 is 1.54 bits per heavy atom. The minimum Gasteiger partial charge on any atom is -0.260 e. The van der Waals surface area contributed by atoms with Crippen molar-refractivity contribution in [1.29, 1.82) is 0 Å². The van der Waals surface area contributed by atoms with E-state index in [0.717, 1.165) is 11.7 Å². The number of nitrogens with zero attached hydrogens (tertiary/aromatic N) is 1. The number of aromatic nitrogens is 1. The number of aryl methyl sites for hydroxylation is 1. The second-order valence-electron chi connectivity index (χ2n) is 3.56. The minimum absolute atomic E-state index is 0.823. The number of hydrogen-bond acceptors (Lipinski definition) is 2. The van der Waals surface area contributed by atoms with Crippen molar-refractivity contribution in [2.45, 2.75) is 37.5 Å². The van der Waals surface area contributed by atoms with Crippen molar-refractivity contribution in [3.05, 3.63) is 23.5 Å². The van der Waals surface area contributed by atoms with E-state index < -0.39 is 0 Å². The van der Waals surface area contributed by atoms with Crippen molar-refractivity contribution in [3.8, 4) is 0 Å². The van der Waals surface area contributed by atoms with Gasteiger partial charge in [0.1, 0.15) is 0 Å². The molecule has 70 valence electrons. The fraction of sp³-hybridized carbons (Fsp3) is 0.545. The fourth-order valence-electron chi connectivity index (χ4n) is 1.47. The zero-order valence-electron chi connectivity index (χ0n) is 8.21. The van der Waals surface area contributed by atoms with Gasteiger partial charge in [-0.25, -0.2) is 0 Å². The highest BCUT2D eigenvalue weighted by atomic mass is 32.2. The van der Waals surface area contributed by atoms with Gasteiger partial charge in [-0.05, 0) is 43.1 Å². The number of thioether (sulfide) groups is 1. The molecule has 0 spiro atoms. The van der Waals surface area contributed by atoms with E-state index in [9.17, 15) is 0 Å². The Morgan fingerprint density at radius 2 is 2.31 bits per heavy atom. The molecule has 1 aliphatic rings. The SMILES string of the molecule is CCSc1cc(C2CC2)cnc1C. The van der Waals surface area contributed by atoms with Crippen LogP contribution in [0.1, 0.15) is 36.9 Å². The summed E-state index contributed by atoms with van der Waals surface area (Å²) in [5.74, 6) is 1.96. The van der Waals surface area contributed by atoms with Gasteiger partial charge in [-0.15, -0.1) is 11.8 Å². The molecular weight excluding hydrogens is 178 g/mol. The maximum Gasteiger partial charge on any atom is 0.0508 e. The molecule has 0 radical (unpaired) electrons. The van der Waals surface area contributed by atoms with Gasteiger partial charge in [-0.1, -0.05) is 6.92 Å². The Morgan fingerprint density at radius 3 is 2.92 bits per heavy atom. The molecule has 1 fully saturated rings. The van der Waals surface area contributed by atoms with Crippen LogP contribution in [0.2, 0.25) is 0 Å². The first kappa shape index (κ1) is 9.07. The standard InChI is InChI=1S/C11H15NS/c1-3-13-11-6-10(9-4-5-9)7-12-8(11)2/h6-7,9H,3-5H2,1-2H3. The van der Waals surface area contributed by atoms with Gasteiger partial charge >= 0.3 is 0 Å². The third-order valence-corrected chi connectivity index (χ3v) is 3.42. The highest BCUT2D eigenvalue weighted by molar-refractivity contribution is 7.99. The lowest BCUT2D eigenvalue weighted by Gasteiger charge is -2.05. The van der Waals surface area contributed by atoms with Crippen LogP contribution in [0.4, 0.5) is 0 Å². The molecule has 0 bridgehead atoms. The summed E-state index contributed by atoms with van der Waals surface area (Å²) in [5, 5.41) is 0. The Kier molecular flexibility index (Phi) is 2.58. The first-order valence-corrected chi connectivity index (χ1v) is 5.89. The lowest BCUT2D eigenvalue weighted by Crippen LogP contribution is -1.89. The molecule has 13 heavy (non-hydrogen) atoms. The van der Waals surface area contributed by atoms with Gasteiger partial charge < -0.3 is 0 Å².